The van der Waals surface area contributed by atoms with Gasteiger partial charge in [0.2, 0.25) is 5.91 Å². The molecule has 0 aliphatic carbocycles. The summed E-state index contributed by atoms with van der Waals surface area (Å²) in [4.78, 5) is 30.4. The molecule has 0 saturated carbocycles. The molecule has 0 spiro atoms. The Morgan fingerprint density at radius 3 is 3.00 bits per heavy atom. The fourth-order valence-corrected chi connectivity index (χ4v) is 3.96. The van der Waals surface area contributed by atoms with Crippen molar-refractivity contribution in [1.82, 2.24) is 10.2 Å². The standard InChI is InChI=1S/C13H19N3O2S2/c1-3-4-9(2)12(18)16-8-19-7-10(16)11(17)15-13-14-5-6-20-13/h4,10H,3,5-8H2,1-2H3,(H,14,15,17)/b9-4+/t10-/m1/s1. The van der Waals surface area contributed by atoms with Gasteiger partial charge in [-0.1, -0.05) is 24.8 Å². The van der Waals surface area contributed by atoms with Crippen molar-refractivity contribution in [3.8, 4) is 0 Å². The topological polar surface area (TPSA) is 61.8 Å². The Labute approximate surface area is 127 Å². The third-order valence-corrected chi connectivity index (χ3v) is 5.01. The summed E-state index contributed by atoms with van der Waals surface area (Å²) in [6.45, 7) is 4.55. The molecule has 1 saturated heterocycles. The molecule has 0 radical (unpaired) electrons. The lowest BCUT2D eigenvalue weighted by Gasteiger charge is -2.23. The van der Waals surface area contributed by atoms with Crippen LogP contribution in [0.4, 0.5) is 0 Å². The Kier molecular flexibility index (Phi) is 5.54. The minimum atomic E-state index is -0.392. The SMILES string of the molecule is CC/C=C(\C)C(=O)N1CSC[C@@H]1C(=O)NC1=NCCS1. The molecule has 2 rings (SSSR count). The molecule has 2 aliphatic heterocycles. The van der Waals surface area contributed by atoms with Crippen LogP contribution in [0.15, 0.2) is 16.6 Å². The quantitative estimate of drug-likeness (QED) is 0.801. The van der Waals surface area contributed by atoms with Crippen LogP contribution in [0.2, 0.25) is 0 Å². The van der Waals surface area contributed by atoms with Crippen molar-refractivity contribution in [3.63, 3.8) is 0 Å². The van der Waals surface area contributed by atoms with Crippen LogP contribution in [0, 0.1) is 0 Å². The number of amides is 2. The van der Waals surface area contributed by atoms with Gasteiger partial charge < -0.3 is 10.2 Å². The number of amidine groups is 1. The highest BCUT2D eigenvalue weighted by molar-refractivity contribution is 8.14. The molecule has 1 fully saturated rings. The predicted molar refractivity (Wildman–Crippen MR) is 84.9 cm³/mol. The van der Waals surface area contributed by atoms with E-state index in [4.69, 9.17) is 0 Å². The average molecular weight is 313 g/mol. The Morgan fingerprint density at radius 1 is 1.55 bits per heavy atom. The van der Waals surface area contributed by atoms with E-state index >= 15 is 0 Å². The first-order valence-electron chi connectivity index (χ1n) is 6.67. The van der Waals surface area contributed by atoms with E-state index in [-0.39, 0.29) is 11.8 Å². The number of hydrogen-bond acceptors (Lipinski definition) is 5. The van der Waals surface area contributed by atoms with Crippen LogP contribution in [0.1, 0.15) is 20.3 Å². The van der Waals surface area contributed by atoms with Gasteiger partial charge in [0.25, 0.3) is 5.91 Å². The zero-order valence-electron chi connectivity index (χ0n) is 11.7. The number of hydrogen-bond donors (Lipinski definition) is 1. The number of allylic oxidation sites excluding steroid dienone is 1. The van der Waals surface area contributed by atoms with Gasteiger partial charge >= 0.3 is 0 Å². The van der Waals surface area contributed by atoms with Crippen LogP contribution < -0.4 is 5.32 Å². The van der Waals surface area contributed by atoms with Gasteiger partial charge in [-0.05, 0) is 13.3 Å². The van der Waals surface area contributed by atoms with E-state index in [9.17, 15) is 9.59 Å². The normalized spacial score (nSPS) is 22.9. The van der Waals surface area contributed by atoms with Gasteiger partial charge in [-0.3, -0.25) is 14.6 Å². The highest BCUT2D eigenvalue weighted by Gasteiger charge is 2.35. The zero-order valence-corrected chi connectivity index (χ0v) is 13.4. The Balaban J connectivity index is 2.01. The molecule has 2 aliphatic rings. The number of carbonyl (C=O) groups is 2. The van der Waals surface area contributed by atoms with Crippen molar-refractivity contribution >= 4 is 40.5 Å². The summed E-state index contributed by atoms with van der Waals surface area (Å²) in [6, 6.07) is -0.392. The number of nitrogens with zero attached hydrogens (tertiary/aromatic N) is 2. The van der Waals surface area contributed by atoms with Crippen LogP contribution in [-0.2, 0) is 9.59 Å². The maximum absolute atomic E-state index is 12.3. The first-order valence-corrected chi connectivity index (χ1v) is 8.81. The number of carbonyl (C=O) groups excluding carboxylic acids is 2. The minimum Gasteiger partial charge on any atom is -0.317 e. The van der Waals surface area contributed by atoms with Crippen molar-refractivity contribution in [2.24, 2.45) is 4.99 Å². The summed E-state index contributed by atoms with van der Waals surface area (Å²) in [5.74, 6) is 1.97. The summed E-state index contributed by atoms with van der Waals surface area (Å²) >= 11 is 3.16. The summed E-state index contributed by atoms with van der Waals surface area (Å²) in [6.07, 6.45) is 2.72. The van der Waals surface area contributed by atoms with E-state index < -0.39 is 6.04 Å². The van der Waals surface area contributed by atoms with Gasteiger partial charge in [0.05, 0.1) is 12.4 Å². The van der Waals surface area contributed by atoms with Crippen LogP contribution in [0.5, 0.6) is 0 Å². The number of nitrogens with one attached hydrogen (secondary N) is 1. The molecule has 2 heterocycles. The van der Waals surface area contributed by atoms with Gasteiger partial charge in [0.15, 0.2) is 5.17 Å². The Hall–Kier alpha value is -0.950. The third kappa shape index (κ3) is 3.58. The van der Waals surface area contributed by atoms with E-state index in [2.05, 4.69) is 10.3 Å². The maximum Gasteiger partial charge on any atom is 0.250 e. The van der Waals surface area contributed by atoms with Crippen LogP contribution in [0.3, 0.4) is 0 Å². The summed E-state index contributed by atoms with van der Waals surface area (Å²) < 4.78 is 0. The lowest BCUT2D eigenvalue weighted by molar-refractivity contribution is -0.134. The average Bonchev–Trinajstić information content (AvgIpc) is 3.08. The molecule has 0 aromatic heterocycles. The molecule has 2 amide bonds. The van der Waals surface area contributed by atoms with Crippen LogP contribution >= 0.6 is 23.5 Å². The molecule has 0 unspecified atom stereocenters. The van der Waals surface area contributed by atoms with E-state index in [1.165, 1.54) is 0 Å². The molecule has 5 nitrogen and oxygen atoms in total. The first-order chi connectivity index (χ1) is 9.63. The molecule has 1 atom stereocenters. The van der Waals surface area contributed by atoms with Gasteiger partial charge in [-0.2, -0.15) is 0 Å². The molecule has 0 aromatic rings. The van der Waals surface area contributed by atoms with E-state index in [0.717, 1.165) is 18.7 Å². The Bertz CT molecular complexity index is 463. The summed E-state index contributed by atoms with van der Waals surface area (Å²) in [5, 5.41) is 3.50. The van der Waals surface area contributed by atoms with Crippen molar-refractivity contribution < 1.29 is 9.59 Å². The van der Waals surface area contributed by atoms with Crippen LogP contribution in [-0.4, -0.2) is 51.9 Å². The fraction of sp³-hybridized carbons (Fsp3) is 0.615. The van der Waals surface area contributed by atoms with Crippen molar-refractivity contribution in [1.29, 1.82) is 0 Å². The second kappa shape index (κ2) is 7.17. The second-order valence-electron chi connectivity index (χ2n) is 4.61. The predicted octanol–water partition coefficient (Wildman–Crippen LogP) is 1.46. The summed E-state index contributed by atoms with van der Waals surface area (Å²) in [5.41, 5.74) is 0.709. The first kappa shape index (κ1) is 15.4. The van der Waals surface area contributed by atoms with Crippen LogP contribution in [0.25, 0.3) is 0 Å². The largest absolute Gasteiger partial charge is 0.317 e. The minimum absolute atomic E-state index is 0.0435. The molecule has 7 heteroatoms. The highest BCUT2D eigenvalue weighted by Crippen LogP contribution is 2.23. The molecule has 110 valence electrons. The van der Waals surface area contributed by atoms with E-state index in [0.29, 0.717) is 22.4 Å². The molecule has 0 bridgehead atoms. The summed E-state index contributed by atoms with van der Waals surface area (Å²) in [7, 11) is 0. The van der Waals surface area contributed by atoms with E-state index in [1.807, 2.05) is 13.0 Å². The maximum atomic E-state index is 12.3. The van der Waals surface area contributed by atoms with Gasteiger partial charge in [0, 0.05) is 17.1 Å². The van der Waals surface area contributed by atoms with Gasteiger partial charge in [0.1, 0.15) is 6.04 Å². The van der Waals surface area contributed by atoms with E-state index in [1.54, 1.807) is 35.3 Å². The molecular formula is C13H19N3O2S2. The number of aliphatic imine (C=N–C) groups is 1. The van der Waals surface area contributed by atoms with Crippen molar-refractivity contribution in [2.45, 2.75) is 26.3 Å². The van der Waals surface area contributed by atoms with Gasteiger partial charge in [-0.25, -0.2) is 0 Å². The number of thioether (sulfide) groups is 2. The zero-order chi connectivity index (χ0) is 14.5. The molecule has 20 heavy (non-hydrogen) atoms. The molecule has 0 aromatic carbocycles. The van der Waals surface area contributed by atoms with Crippen molar-refractivity contribution in [2.75, 3.05) is 23.9 Å². The van der Waals surface area contributed by atoms with Gasteiger partial charge in [-0.15, -0.1) is 11.8 Å². The smallest absolute Gasteiger partial charge is 0.250 e. The fourth-order valence-electron chi connectivity index (χ4n) is 2.08. The molecule has 1 N–H and O–H groups in total. The second-order valence-corrected chi connectivity index (χ2v) is 6.69. The lowest BCUT2D eigenvalue weighted by atomic mass is 10.2. The highest BCUT2D eigenvalue weighted by atomic mass is 32.2. The monoisotopic (exact) mass is 313 g/mol. The Morgan fingerprint density at radius 2 is 2.35 bits per heavy atom. The lowest BCUT2D eigenvalue weighted by Crippen LogP contribution is -2.48. The third-order valence-electron chi connectivity index (χ3n) is 3.11. The number of rotatable bonds is 3. The molecular weight excluding hydrogens is 294 g/mol. The van der Waals surface area contributed by atoms with Crippen molar-refractivity contribution in [3.05, 3.63) is 11.6 Å².